The first-order valence-electron chi connectivity index (χ1n) is 6.97. The maximum atomic E-state index is 13.3. The highest BCUT2D eigenvalue weighted by Crippen LogP contribution is 2.33. The average Bonchev–Trinajstić information content (AvgIpc) is 3.04. The number of rotatable bonds is 3. The summed E-state index contributed by atoms with van der Waals surface area (Å²) >= 11 is 1.68. The van der Waals surface area contributed by atoms with Crippen molar-refractivity contribution >= 4 is 21.4 Å². The van der Waals surface area contributed by atoms with E-state index in [0.29, 0.717) is 19.0 Å². The second kappa shape index (κ2) is 6.06. The Hall–Kier alpha value is -1.31. The second-order valence-corrected chi connectivity index (χ2v) is 8.19. The Morgan fingerprint density at radius 3 is 2.41 bits per heavy atom. The van der Waals surface area contributed by atoms with Crippen LogP contribution in [0.2, 0.25) is 0 Å². The number of thiophene rings is 1. The average molecular weight is 343 g/mol. The van der Waals surface area contributed by atoms with Gasteiger partial charge in [-0.15, -0.1) is 11.3 Å². The van der Waals surface area contributed by atoms with Gasteiger partial charge in [-0.25, -0.2) is 17.2 Å². The summed E-state index contributed by atoms with van der Waals surface area (Å²) in [5.41, 5.74) is 0. The van der Waals surface area contributed by atoms with Crippen molar-refractivity contribution in [2.45, 2.75) is 23.7 Å². The van der Waals surface area contributed by atoms with Crippen molar-refractivity contribution in [1.82, 2.24) is 4.31 Å². The van der Waals surface area contributed by atoms with Crippen LogP contribution in [-0.4, -0.2) is 25.8 Å². The van der Waals surface area contributed by atoms with Gasteiger partial charge in [0.2, 0.25) is 10.0 Å². The van der Waals surface area contributed by atoms with Crippen molar-refractivity contribution in [1.29, 1.82) is 0 Å². The first-order chi connectivity index (χ1) is 10.5. The summed E-state index contributed by atoms with van der Waals surface area (Å²) < 4.78 is 52.5. The minimum atomic E-state index is -3.76. The van der Waals surface area contributed by atoms with Gasteiger partial charge in [-0.1, -0.05) is 6.07 Å². The standard InChI is InChI=1S/C15H15F2NO2S2/c16-13-4-3-12(10-14(13)17)22(19,20)18-7-5-11(6-8-18)15-2-1-9-21-15/h1-4,9-11H,5-8H2. The quantitative estimate of drug-likeness (QED) is 0.854. The van der Waals surface area contributed by atoms with Crippen LogP contribution in [0.1, 0.15) is 23.6 Å². The number of sulfonamides is 1. The molecule has 1 fully saturated rings. The molecule has 1 aliphatic heterocycles. The topological polar surface area (TPSA) is 37.4 Å². The molecular formula is C15H15F2NO2S2. The van der Waals surface area contributed by atoms with E-state index in [-0.39, 0.29) is 4.90 Å². The van der Waals surface area contributed by atoms with Crippen LogP contribution in [0.25, 0.3) is 0 Å². The highest BCUT2D eigenvalue weighted by Gasteiger charge is 2.30. The normalized spacial score (nSPS) is 17.7. The van der Waals surface area contributed by atoms with E-state index < -0.39 is 21.7 Å². The van der Waals surface area contributed by atoms with Crippen LogP contribution in [0, 0.1) is 11.6 Å². The van der Waals surface area contributed by atoms with Crippen molar-refractivity contribution in [2.75, 3.05) is 13.1 Å². The Kier molecular flexibility index (Phi) is 4.29. The van der Waals surface area contributed by atoms with Crippen LogP contribution in [0.3, 0.4) is 0 Å². The Labute approximate surface area is 132 Å². The van der Waals surface area contributed by atoms with E-state index >= 15 is 0 Å². The van der Waals surface area contributed by atoms with Gasteiger partial charge in [0.05, 0.1) is 4.90 Å². The minimum absolute atomic E-state index is 0.194. The number of halogens is 2. The van der Waals surface area contributed by atoms with E-state index in [2.05, 4.69) is 6.07 Å². The fraction of sp³-hybridized carbons (Fsp3) is 0.333. The van der Waals surface area contributed by atoms with Gasteiger partial charge in [0.15, 0.2) is 11.6 Å². The Bertz CT molecular complexity index is 752. The maximum absolute atomic E-state index is 13.3. The number of nitrogens with zero attached hydrogens (tertiary/aromatic N) is 1. The number of hydrogen-bond acceptors (Lipinski definition) is 3. The molecule has 0 saturated carbocycles. The number of hydrogen-bond donors (Lipinski definition) is 0. The molecule has 0 atom stereocenters. The third-order valence-corrected chi connectivity index (χ3v) is 6.86. The monoisotopic (exact) mass is 343 g/mol. The molecule has 3 nitrogen and oxygen atoms in total. The molecule has 3 rings (SSSR count). The molecule has 1 aromatic heterocycles. The van der Waals surface area contributed by atoms with Gasteiger partial charge in [0.25, 0.3) is 0 Å². The van der Waals surface area contributed by atoms with E-state index in [1.54, 1.807) is 11.3 Å². The second-order valence-electron chi connectivity index (χ2n) is 5.27. The molecule has 2 aromatic rings. The summed E-state index contributed by atoms with van der Waals surface area (Å²) in [5, 5.41) is 2.01. The highest BCUT2D eigenvalue weighted by atomic mass is 32.2. The predicted molar refractivity (Wildman–Crippen MR) is 81.4 cm³/mol. The zero-order valence-electron chi connectivity index (χ0n) is 11.7. The van der Waals surface area contributed by atoms with Crippen LogP contribution < -0.4 is 0 Å². The minimum Gasteiger partial charge on any atom is -0.207 e. The fourth-order valence-electron chi connectivity index (χ4n) is 2.69. The van der Waals surface area contributed by atoms with Gasteiger partial charge in [-0.3, -0.25) is 0 Å². The molecule has 0 radical (unpaired) electrons. The zero-order valence-corrected chi connectivity index (χ0v) is 13.3. The first-order valence-corrected chi connectivity index (χ1v) is 9.29. The summed E-state index contributed by atoms with van der Waals surface area (Å²) in [6.07, 6.45) is 1.48. The molecule has 0 spiro atoms. The molecule has 0 bridgehead atoms. The largest absolute Gasteiger partial charge is 0.243 e. The van der Waals surface area contributed by atoms with Crippen LogP contribution >= 0.6 is 11.3 Å². The molecule has 0 N–H and O–H groups in total. The number of benzene rings is 1. The lowest BCUT2D eigenvalue weighted by Crippen LogP contribution is -2.37. The summed E-state index contributed by atoms with van der Waals surface area (Å²) in [6.45, 7) is 0.786. The Morgan fingerprint density at radius 2 is 1.82 bits per heavy atom. The lowest BCUT2D eigenvalue weighted by Gasteiger charge is -2.30. The first kappa shape index (κ1) is 15.6. The number of piperidine rings is 1. The van der Waals surface area contributed by atoms with Crippen molar-refractivity contribution in [2.24, 2.45) is 0 Å². The van der Waals surface area contributed by atoms with E-state index in [9.17, 15) is 17.2 Å². The maximum Gasteiger partial charge on any atom is 0.243 e. The molecular weight excluding hydrogens is 328 g/mol. The molecule has 1 saturated heterocycles. The van der Waals surface area contributed by atoms with Crippen LogP contribution in [0.5, 0.6) is 0 Å². The summed E-state index contributed by atoms with van der Waals surface area (Å²) in [4.78, 5) is 1.07. The van der Waals surface area contributed by atoms with Crippen molar-refractivity contribution in [3.05, 3.63) is 52.2 Å². The molecule has 22 heavy (non-hydrogen) atoms. The van der Waals surface area contributed by atoms with Crippen LogP contribution in [0.4, 0.5) is 8.78 Å². The molecule has 1 aromatic carbocycles. The summed E-state index contributed by atoms with van der Waals surface area (Å²) in [6, 6.07) is 6.76. The van der Waals surface area contributed by atoms with Gasteiger partial charge in [0.1, 0.15) is 0 Å². The van der Waals surface area contributed by atoms with Crippen molar-refractivity contribution in [3.8, 4) is 0 Å². The van der Waals surface area contributed by atoms with E-state index in [1.807, 2.05) is 11.4 Å². The van der Waals surface area contributed by atoms with E-state index in [1.165, 1.54) is 9.18 Å². The van der Waals surface area contributed by atoms with Crippen molar-refractivity contribution in [3.63, 3.8) is 0 Å². The molecule has 0 amide bonds. The van der Waals surface area contributed by atoms with Crippen molar-refractivity contribution < 1.29 is 17.2 Å². The van der Waals surface area contributed by atoms with E-state index in [0.717, 1.165) is 31.0 Å². The highest BCUT2D eigenvalue weighted by molar-refractivity contribution is 7.89. The molecule has 7 heteroatoms. The molecule has 2 heterocycles. The molecule has 0 aliphatic carbocycles. The van der Waals surface area contributed by atoms with Gasteiger partial charge < -0.3 is 0 Å². The van der Waals surface area contributed by atoms with Gasteiger partial charge in [0, 0.05) is 18.0 Å². The smallest absolute Gasteiger partial charge is 0.207 e. The van der Waals surface area contributed by atoms with E-state index in [4.69, 9.17) is 0 Å². The SMILES string of the molecule is O=S(=O)(c1ccc(F)c(F)c1)N1CCC(c2cccs2)CC1. The molecule has 0 unspecified atom stereocenters. The molecule has 118 valence electrons. The summed E-state index contributed by atoms with van der Waals surface area (Å²) in [7, 11) is -3.76. The fourth-order valence-corrected chi connectivity index (χ4v) is 5.07. The van der Waals surface area contributed by atoms with Gasteiger partial charge >= 0.3 is 0 Å². The summed E-state index contributed by atoms with van der Waals surface area (Å²) in [5.74, 6) is -1.82. The Morgan fingerprint density at radius 1 is 1.09 bits per heavy atom. The Balaban J connectivity index is 1.75. The van der Waals surface area contributed by atoms with Gasteiger partial charge in [-0.2, -0.15) is 4.31 Å². The lowest BCUT2D eigenvalue weighted by atomic mass is 9.97. The van der Waals surface area contributed by atoms with Crippen LogP contribution in [-0.2, 0) is 10.0 Å². The third-order valence-electron chi connectivity index (χ3n) is 3.93. The zero-order chi connectivity index (χ0) is 15.7. The third kappa shape index (κ3) is 2.93. The van der Waals surface area contributed by atoms with Gasteiger partial charge in [-0.05, 0) is 48.4 Å². The molecule has 1 aliphatic rings. The van der Waals surface area contributed by atoms with Crippen LogP contribution in [0.15, 0.2) is 40.6 Å². The lowest BCUT2D eigenvalue weighted by molar-refractivity contribution is 0.321. The predicted octanol–water partition coefficient (Wildman–Crippen LogP) is 3.59.